The number of hydrogen-bond donors (Lipinski definition) is 0. The standard InChI is InChI=1S/C17H22N2O3S3/c1-13-7-10-23-15(13)12-18(2)16(20)11-14-5-6-17(24-14)25(21,22)19-8-3-4-9-19/h5-7,10H,3-4,8-9,11-12H2,1-2H3. The number of thiophene rings is 2. The molecular weight excluding hydrogens is 376 g/mol. The van der Waals surface area contributed by atoms with E-state index in [-0.39, 0.29) is 12.3 Å². The Morgan fingerprint density at radius 1 is 1.24 bits per heavy atom. The number of amides is 1. The predicted molar refractivity (Wildman–Crippen MR) is 102 cm³/mol. The van der Waals surface area contributed by atoms with E-state index in [2.05, 4.69) is 0 Å². The molecule has 0 atom stereocenters. The van der Waals surface area contributed by atoms with Gasteiger partial charge in [-0.3, -0.25) is 4.79 Å². The Balaban J connectivity index is 1.64. The number of hydrogen-bond acceptors (Lipinski definition) is 5. The molecule has 136 valence electrons. The van der Waals surface area contributed by atoms with E-state index in [0.717, 1.165) is 17.7 Å². The Hall–Kier alpha value is -1.22. The van der Waals surface area contributed by atoms with Crippen molar-refractivity contribution in [2.75, 3.05) is 20.1 Å². The van der Waals surface area contributed by atoms with Crippen molar-refractivity contribution in [3.05, 3.63) is 38.9 Å². The van der Waals surface area contributed by atoms with Gasteiger partial charge in [0.1, 0.15) is 4.21 Å². The summed E-state index contributed by atoms with van der Waals surface area (Å²) in [6.45, 7) is 3.82. The quantitative estimate of drug-likeness (QED) is 0.751. The van der Waals surface area contributed by atoms with Gasteiger partial charge >= 0.3 is 0 Å². The number of carbonyl (C=O) groups is 1. The molecule has 3 rings (SSSR count). The zero-order valence-corrected chi connectivity index (χ0v) is 16.8. The molecule has 0 aromatic carbocycles. The fraction of sp³-hybridized carbons (Fsp3) is 0.471. The fourth-order valence-electron chi connectivity index (χ4n) is 2.80. The molecule has 1 aliphatic heterocycles. The van der Waals surface area contributed by atoms with Crippen molar-refractivity contribution in [3.8, 4) is 0 Å². The number of aryl methyl sites for hydroxylation is 1. The highest BCUT2D eigenvalue weighted by Gasteiger charge is 2.28. The van der Waals surface area contributed by atoms with Crippen molar-refractivity contribution in [1.82, 2.24) is 9.21 Å². The van der Waals surface area contributed by atoms with Crippen LogP contribution in [0.5, 0.6) is 0 Å². The SMILES string of the molecule is Cc1ccsc1CN(C)C(=O)Cc1ccc(S(=O)(=O)N2CCCC2)s1. The summed E-state index contributed by atoms with van der Waals surface area (Å²) in [6.07, 6.45) is 2.08. The van der Waals surface area contributed by atoms with Crippen molar-refractivity contribution in [3.63, 3.8) is 0 Å². The second-order valence-corrected chi connectivity index (χ2v) is 10.6. The Bertz CT molecular complexity index is 848. The van der Waals surface area contributed by atoms with Gasteiger partial charge in [0, 0.05) is 29.9 Å². The molecule has 0 N–H and O–H groups in total. The van der Waals surface area contributed by atoms with Crippen molar-refractivity contribution in [2.24, 2.45) is 0 Å². The van der Waals surface area contributed by atoms with Gasteiger partial charge < -0.3 is 4.90 Å². The molecular formula is C17H22N2O3S3. The lowest BCUT2D eigenvalue weighted by Gasteiger charge is -2.16. The molecule has 1 aliphatic rings. The van der Waals surface area contributed by atoms with E-state index >= 15 is 0 Å². The molecule has 2 aromatic heterocycles. The highest BCUT2D eigenvalue weighted by Crippen LogP contribution is 2.28. The van der Waals surface area contributed by atoms with Crippen molar-refractivity contribution in [1.29, 1.82) is 0 Å². The van der Waals surface area contributed by atoms with Gasteiger partial charge in [0.15, 0.2) is 0 Å². The van der Waals surface area contributed by atoms with Crippen molar-refractivity contribution >= 4 is 38.6 Å². The van der Waals surface area contributed by atoms with Gasteiger partial charge in [-0.05, 0) is 48.9 Å². The van der Waals surface area contributed by atoms with Crippen molar-refractivity contribution in [2.45, 2.75) is 36.9 Å². The third kappa shape index (κ3) is 4.13. The van der Waals surface area contributed by atoms with Crippen LogP contribution in [-0.4, -0.2) is 43.7 Å². The van der Waals surface area contributed by atoms with Crippen LogP contribution < -0.4 is 0 Å². The highest BCUT2D eigenvalue weighted by molar-refractivity contribution is 7.91. The Labute approximate surface area is 156 Å². The van der Waals surface area contributed by atoms with Crippen LogP contribution >= 0.6 is 22.7 Å². The van der Waals surface area contributed by atoms with Gasteiger partial charge in [-0.25, -0.2) is 8.42 Å². The summed E-state index contributed by atoms with van der Waals surface area (Å²) in [5.41, 5.74) is 1.19. The van der Waals surface area contributed by atoms with Crippen LogP contribution in [0.1, 0.15) is 28.2 Å². The molecule has 1 saturated heterocycles. The molecule has 1 amide bonds. The maximum Gasteiger partial charge on any atom is 0.252 e. The second kappa shape index (κ2) is 7.57. The van der Waals surface area contributed by atoms with E-state index in [1.165, 1.54) is 26.1 Å². The summed E-state index contributed by atoms with van der Waals surface area (Å²) < 4.78 is 27.0. The normalized spacial score (nSPS) is 15.6. The molecule has 2 aromatic rings. The molecule has 8 heteroatoms. The molecule has 3 heterocycles. The molecule has 0 saturated carbocycles. The number of carbonyl (C=O) groups excluding carboxylic acids is 1. The van der Waals surface area contributed by atoms with Crippen LogP contribution in [0.3, 0.4) is 0 Å². The monoisotopic (exact) mass is 398 g/mol. The van der Waals surface area contributed by atoms with Gasteiger partial charge in [0.25, 0.3) is 10.0 Å². The van der Waals surface area contributed by atoms with Crippen LogP contribution in [0, 0.1) is 6.92 Å². The van der Waals surface area contributed by atoms with Crippen LogP contribution in [0.15, 0.2) is 27.8 Å². The van der Waals surface area contributed by atoms with Gasteiger partial charge in [0.2, 0.25) is 5.91 Å². The summed E-state index contributed by atoms with van der Waals surface area (Å²) in [7, 11) is -1.60. The van der Waals surface area contributed by atoms with Gasteiger partial charge in [0.05, 0.1) is 13.0 Å². The van der Waals surface area contributed by atoms with Crippen LogP contribution in [-0.2, 0) is 27.8 Å². The van der Waals surface area contributed by atoms with Gasteiger partial charge in [-0.15, -0.1) is 22.7 Å². The molecule has 0 bridgehead atoms. The minimum atomic E-state index is -3.39. The van der Waals surface area contributed by atoms with E-state index in [1.807, 2.05) is 18.4 Å². The molecule has 0 aliphatic carbocycles. The number of likely N-dealkylation sites (N-methyl/N-ethyl adjacent to an activating group) is 1. The number of nitrogens with zero attached hydrogens (tertiary/aromatic N) is 2. The summed E-state index contributed by atoms with van der Waals surface area (Å²) in [4.78, 5) is 16.1. The van der Waals surface area contributed by atoms with Crippen LogP contribution in [0.25, 0.3) is 0 Å². The summed E-state index contributed by atoms with van der Waals surface area (Å²) in [6, 6.07) is 5.44. The maximum absolute atomic E-state index is 12.6. The predicted octanol–water partition coefficient (Wildman–Crippen LogP) is 3.10. The lowest BCUT2D eigenvalue weighted by atomic mass is 10.2. The minimum Gasteiger partial charge on any atom is -0.340 e. The second-order valence-electron chi connectivity index (χ2n) is 6.29. The van der Waals surface area contributed by atoms with Gasteiger partial charge in [-0.2, -0.15) is 4.31 Å². The number of rotatable bonds is 6. The molecule has 0 spiro atoms. The van der Waals surface area contributed by atoms with E-state index in [9.17, 15) is 13.2 Å². The van der Waals surface area contributed by atoms with Gasteiger partial charge in [-0.1, -0.05) is 0 Å². The summed E-state index contributed by atoms with van der Waals surface area (Å²) in [5.74, 6) is -0.000213. The number of sulfonamides is 1. The lowest BCUT2D eigenvalue weighted by molar-refractivity contribution is -0.129. The zero-order chi connectivity index (χ0) is 18.0. The minimum absolute atomic E-state index is 0.000213. The Morgan fingerprint density at radius 3 is 2.60 bits per heavy atom. The fourth-order valence-corrected chi connectivity index (χ4v) is 6.78. The summed E-state index contributed by atoms with van der Waals surface area (Å²) >= 11 is 2.86. The Morgan fingerprint density at radius 2 is 1.96 bits per heavy atom. The van der Waals surface area contributed by atoms with Crippen LogP contribution in [0.4, 0.5) is 0 Å². The largest absolute Gasteiger partial charge is 0.340 e. The molecule has 25 heavy (non-hydrogen) atoms. The molecule has 0 unspecified atom stereocenters. The zero-order valence-electron chi connectivity index (χ0n) is 14.4. The van der Waals surface area contributed by atoms with Crippen molar-refractivity contribution < 1.29 is 13.2 Å². The maximum atomic E-state index is 12.6. The smallest absolute Gasteiger partial charge is 0.252 e. The molecule has 1 fully saturated rings. The first-order valence-corrected chi connectivity index (χ1v) is 11.4. The highest BCUT2D eigenvalue weighted by atomic mass is 32.2. The first kappa shape index (κ1) is 18.6. The molecule has 5 nitrogen and oxygen atoms in total. The average Bonchev–Trinajstić information content (AvgIpc) is 3.30. The first-order valence-electron chi connectivity index (χ1n) is 8.24. The lowest BCUT2D eigenvalue weighted by Crippen LogP contribution is -2.27. The van der Waals surface area contributed by atoms with E-state index in [1.54, 1.807) is 35.4 Å². The molecule has 0 radical (unpaired) electrons. The third-order valence-corrected chi connectivity index (χ3v) is 8.86. The Kier molecular flexibility index (Phi) is 5.62. The first-order chi connectivity index (χ1) is 11.9. The van der Waals surface area contributed by atoms with E-state index in [0.29, 0.717) is 23.8 Å². The summed E-state index contributed by atoms with van der Waals surface area (Å²) in [5, 5.41) is 2.03. The van der Waals surface area contributed by atoms with Crippen LogP contribution in [0.2, 0.25) is 0 Å². The third-order valence-electron chi connectivity index (χ3n) is 4.40. The van der Waals surface area contributed by atoms with E-state index < -0.39 is 10.0 Å². The van der Waals surface area contributed by atoms with E-state index in [4.69, 9.17) is 0 Å². The average molecular weight is 399 g/mol. The topological polar surface area (TPSA) is 57.7 Å².